The maximum absolute atomic E-state index is 13.1. The molecule has 0 aliphatic heterocycles. The van der Waals surface area contributed by atoms with E-state index in [4.69, 9.17) is 10.5 Å². The first-order valence-electron chi connectivity index (χ1n) is 9.14. The van der Waals surface area contributed by atoms with Gasteiger partial charge in [-0.1, -0.05) is 18.6 Å². The van der Waals surface area contributed by atoms with Crippen molar-refractivity contribution in [3.8, 4) is 5.75 Å². The van der Waals surface area contributed by atoms with E-state index in [1.54, 1.807) is 0 Å². The van der Waals surface area contributed by atoms with Crippen molar-refractivity contribution in [2.75, 3.05) is 0 Å². The molecule has 144 valence electrons. The highest BCUT2D eigenvalue weighted by Crippen LogP contribution is 2.40. The van der Waals surface area contributed by atoms with Crippen LogP contribution in [0.1, 0.15) is 44.6 Å². The van der Waals surface area contributed by atoms with Crippen LogP contribution >= 0.6 is 0 Å². The first kappa shape index (κ1) is 19.0. The molecule has 1 aromatic rings. The van der Waals surface area contributed by atoms with Crippen LogP contribution < -0.4 is 15.8 Å². The van der Waals surface area contributed by atoms with Crippen molar-refractivity contribution in [2.45, 2.75) is 63.4 Å². The summed E-state index contributed by atoms with van der Waals surface area (Å²) in [5.74, 6) is -0.0138. The van der Waals surface area contributed by atoms with Gasteiger partial charge < -0.3 is 15.8 Å². The smallest absolute Gasteiger partial charge is 0.419 e. The summed E-state index contributed by atoms with van der Waals surface area (Å²) in [7, 11) is 0. The summed E-state index contributed by atoms with van der Waals surface area (Å²) in [6.07, 6.45) is -0.568. The van der Waals surface area contributed by atoms with Gasteiger partial charge in [-0.3, -0.25) is 4.79 Å². The Labute approximate surface area is 151 Å². The molecule has 2 bridgehead atoms. The van der Waals surface area contributed by atoms with Crippen LogP contribution in [0.4, 0.5) is 13.2 Å². The molecular formula is C19H25F3N2O2. The lowest BCUT2D eigenvalue weighted by atomic mass is 9.67. The number of hydrogen-bond acceptors (Lipinski definition) is 3. The van der Waals surface area contributed by atoms with Crippen LogP contribution in [0.5, 0.6) is 5.75 Å². The molecule has 0 saturated heterocycles. The molecule has 0 heterocycles. The van der Waals surface area contributed by atoms with Gasteiger partial charge in [0.05, 0.1) is 5.56 Å². The summed E-state index contributed by atoms with van der Waals surface area (Å²) in [6.45, 7) is 1.48. The molecule has 4 nitrogen and oxygen atoms in total. The lowest BCUT2D eigenvalue weighted by Gasteiger charge is -2.45. The van der Waals surface area contributed by atoms with E-state index < -0.39 is 17.8 Å². The summed E-state index contributed by atoms with van der Waals surface area (Å²) in [5, 5.41) is 3.02. The second-order valence-electron chi connectivity index (χ2n) is 7.47. The van der Waals surface area contributed by atoms with Gasteiger partial charge in [0.1, 0.15) is 5.75 Å². The van der Waals surface area contributed by atoms with Gasteiger partial charge in [0, 0.05) is 12.1 Å². The van der Waals surface area contributed by atoms with E-state index >= 15 is 0 Å². The Hall–Kier alpha value is -1.76. The highest BCUT2D eigenvalue weighted by molar-refractivity contribution is 5.81. The number of benzene rings is 1. The Balaban J connectivity index is 1.66. The topological polar surface area (TPSA) is 64.3 Å². The van der Waals surface area contributed by atoms with Crippen molar-refractivity contribution in [2.24, 2.45) is 17.6 Å². The molecule has 3 atom stereocenters. The van der Waals surface area contributed by atoms with Gasteiger partial charge in [-0.25, -0.2) is 0 Å². The second-order valence-corrected chi connectivity index (χ2v) is 7.47. The Morgan fingerprint density at radius 1 is 1.23 bits per heavy atom. The molecule has 0 spiro atoms. The predicted octanol–water partition coefficient (Wildman–Crippen LogP) is 3.49. The molecule has 2 aliphatic rings. The number of ether oxygens (including phenoxy) is 1. The average molecular weight is 370 g/mol. The summed E-state index contributed by atoms with van der Waals surface area (Å²) in [4.78, 5) is 12.5. The third-order valence-electron chi connectivity index (χ3n) is 5.55. The van der Waals surface area contributed by atoms with Crippen molar-refractivity contribution in [3.05, 3.63) is 29.8 Å². The summed E-state index contributed by atoms with van der Waals surface area (Å²) in [6, 6.07) is 5.16. The standard InChI is InChI=1S/C19H25F3N2O2/c1-11(26-16-8-3-2-7-15(16)19(20,21)22)18(25)24-17-12-5-4-6-13(17)10-14(23)9-12/h2-3,7-8,11-14,17H,4-6,9-10,23H2,1H3,(H,24,25). The highest BCUT2D eigenvalue weighted by Gasteiger charge is 2.41. The van der Waals surface area contributed by atoms with Crippen molar-refractivity contribution in [3.63, 3.8) is 0 Å². The van der Waals surface area contributed by atoms with Crippen LogP contribution in [0, 0.1) is 11.8 Å². The molecule has 0 aromatic heterocycles. The molecular weight excluding hydrogens is 345 g/mol. The zero-order valence-corrected chi connectivity index (χ0v) is 14.8. The van der Waals surface area contributed by atoms with Gasteiger partial charge in [-0.05, 0) is 56.6 Å². The summed E-state index contributed by atoms with van der Waals surface area (Å²) in [5.41, 5.74) is 5.22. The molecule has 2 fully saturated rings. The zero-order chi connectivity index (χ0) is 18.9. The molecule has 2 saturated carbocycles. The number of nitrogens with two attached hydrogens (primary N) is 1. The summed E-state index contributed by atoms with van der Waals surface area (Å²) >= 11 is 0. The van der Waals surface area contributed by atoms with E-state index in [1.807, 2.05) is 0 Å². The molecule has 1 aromatic carbocycles. The number of alkyl halides is 3. The van der Waals surface area contributed by atoms with Crippen molar-refractivity contribution < 1.29 is 22.7 Å². The molecule has 3 N–H and O–H groups in total. The van der Waals surface area contributed by atoms with Crippen LogP contribution in [-0.4, -0.2) is 24.1 Å². The van der Waals surface area contributed by atoms with E-state index in [0.717, 1.165) is 38.2 Å². The predicted molar refractivity (Wildman–Crippen MR) is 91.5 cm³/mol. The van der Waals surface area contributed by atoms with Crippen LogP contribution in [0.3, 0.4) is 0 Å². The number of hydrogen-bond donors (Lipinski definition) is 2. The minimum atomic E-state index is -4.52. The largest absolute Gasteiger partial charge is 0.480 e. The Morgan fingerprint density at radius 3 is 2.46 bits per heavy atom. The van der Waals surface area contributed by atoms with E-state index in [-0.39, 0.29) is 23.7 Å². The number of amides is 1. The van der Waals surface area contributed by atoms with Crippen molar-refractivity contribution in [1.29, 1.82) is 0 Å². The third-order valence-corrected chi connectivity index (χ3v) is 5.55. The Morgan fingerprint density at radius 2 is 1.85 bits per heavy atom. The zero-order valence-electron chi connectivity index (χ0n) is 14.8. The fourth-order valence-corrected chi connectivity index (χ4v) is 4.35. The molecule has 7 heteroatoms. The van der Waals surface area contributed by atoms with Crippen molar-refractivity contribution >= 4 is 5.91 Å². The van der Waals surface area contributed by atoms with E-state index in [1.165, 1.54) is 25.1 Å². The number of nitrogens with one attached hydrogen (secondary N) is 1. The number of carbonyl (C=O) groups is 1. The van der Waals surface area contributed by atoms with Gasteiger partial charge in [0.15, 0.2) is 6.10 Å². The minimum Gasteiger partial charge on any atom is -0.480 e. The van der Waals surface area contributed by atoms with Crippen LogP contribution in [0.15, 0.2) is 24.3 Å². The average Bonchev–Trinajstić information content (AvgIpc) is 2.55. The lowest BCUT2D eigenvalue weighted by Crippen LogP contribution is -2.55. The minimum absolute atomic E-state index is 0.0416. The van der Waals surface area contributed by atoms with Gasteiger partial charge >= 0.3 is 6.18 Å². The first-order chi connectivity index (χ1) is 12.3. The second kappa shape index (κ2) is 7.47. The van der Waals surface area contributed by atoms with Gasteiger partial charge in [0.25, 0.3) is 5.91 Å². The number of halogens is 3. The fourth-order valence-electron chi connectivity index (χ4n) is 4.35. The SMILES string of the molecule is CC(Oc1ccccc1C(F)(F)F)C(=O)NC1C2CCCC1CC(N)C2. The lowest BCUT2D eigenvalue weighted by molar-refractivity contribution is -0.141. The van der Waals surface area contributed by atoms with Gasteiger partial charge in [0.2, 0.25) is 0 Å². The number of fused-ring (bicyclic) bond motifs is 2. The molecule has 2 aliphatic carbocycles. The van der Waals surface area contributed by atoms with Gasteiger partial charge in [-0.2, -0.15) is 13.2 Å². The third kappa shape index (κ3) is 4.14. The van der Waals surface area contributed by atoms with E-state index in [2.05, 4.69) is 5.32 Å². The molecule has 26 heavy (non-hydrogen) atoms. The quantitative estimate of drug-likeness (QED) is 0.853. The number of rotatable bonds is 4. The first-order valence-corrected chi connectivity index (χ1v) is 9.14. The molecule has 3 unspecified atom stereocenters. The van der Waals surface area contributed by atoms with Crippen molar-refractivity contribution in [1.82, 2.24) is 5.32 Å². The Bertz CT molecular complexity index is 636. The number of carbonyl (C=O) groups excluding carboxylic acids is 1. The normalized spacial score (nSPS) is 29.7. The molecule has 0 radical (unpaired) electrons. The van der Waals surface area contributed by atoms with E-state index in [0.29, 0.717) is 11.8 Å². The van der Waals surface area contributed by atoms with E-state index in [9.17, 15) is 18.0 Å². The maximum atomic E-state index is 13.1. The molecule has 3 rings (SSSR count). The monoisotopic (exact) mass is 370 g/mol. The van der Waals surface area contributed by atoms with Gasteiger partial charge in [-0.15, -0.1) is 0 Å². The maximum Gasteiger partial charge on any atom is 0.419 e. The highest BCUT2D eigenvalue weighted by atomic mass is 19.4. The molecule has 1 amide bonds. The Kier molecular flexibility index (Phi) is 5.46. The number of para-hydroxylation sites is 1. The summed E-state index contributed by atoms with van der Waals surface area (Å²) < 4.78 is 44.6. The van der Waals surface area contributed by atoms with Crippen LogP contribution in [-0.2, 0) is 11.0 Å². The van der Waals surface area contributed by atoms with Crippen LogP contribution in [0.2, 0.25) is 0 Å². The fraction of sp³-hybridized carbons (Fsp3) is 0.632. The van der Waals surface area contributed by atoms with Crippen LogP contribution in [0.25, 0.3) is 0 Å².